The molecule has 0 aliphatic carbocycles. The number of likely N-dealkylation sites (tertiary alicyclic amines) is 1. The molecule has 1 saturated heterocycles. The van der Waals surface area contributed by atoms with Gasteiger partial charge in [-0.3, -0.25) is 14.6 Å². The maximum atomic E-state index is 12.4. The SMILES string of the molecule is CC(=O)N1CCC[C@H]1c1ccc2c(n1)CN(CCN(C)C)C2=O. The molecule has 1 atom stereocenters. The number of carbonyl (C=O) groups is 2. The van der Waals surface area contributed by atoms with E-state index in [4.69, 9.17) is 4.98 Å². The van der Waals surface area contributed by atoms with Crippen LogP contribution in [0.4, 0.5) is 0 Å². The van der Waals surface area contributed by atoms with Gasteiger partial charge in [0.05, 0.1) is 29.5 Å². The van der Waals surface area contributed by atoms with Crippen LogP contribution in [0.5, 0.6) is 0 Å². The molecule has 2 amide bonds. The average Bonchev–Trinajstić information content (AvgIpc) is 3.10. The molecule has 0 bridgehead atoms. The molecule has 1 aromatic rings. The molecule has 0 aromatic carbocycles. The molecule has 0 unspecified atom stereocenters. The number of pyridine rings is 1. The van der Waals surface area contributed by atoms with Crippen molar-refractivity contribution in [3.05, 3.63) is 29.1 Å². The Labute approximate surface area is 137 Å². The molecule has 3 heterocycles. The van der Waals surface area contributed by atoms with Gasteiger partial charge in [0.2, 0.25) is 5.91 Å². The van der Waals surface area contributed by atoms with E-state index in [9.17, 15) is 9.59 Å². The van der Waals surface area contributed by atoms with E-state index in [-0.39, 0.29) is 17.9 Å². The largest absolute Gasteiger partial charge is 0.334 e. The molecule has 23 heavy (non-hydrogen) atoms. The van der Waals surface area contributed by atoms with Gasteiger partial charge in [-0.25, -0.2) is 0 Å². The van der Waals surface area contributed by atoms with E-state index in [0.717, 1.165) is 37.3 Å². The molecule has 1 fully saturated rings. The summed E-state index contributed by atoms with van der Waals surface area (Å²) in [6.45, 7) is 4.53. The molecule has 1 aromatic heterocycles. The van der Waals surface area contributed by atoms with E-state index in [0.29, 0.717) is 18.7 Å². The zero-order valence-corrected chi connectivity index (χ0v) is 14.1. The van der Waals surface area contributed by atoms with Crippen molar-refractivity contribution in [2.24, 2.45) is 0 Å². The van der Waals surface area contributed by atoms with Crippen molar-refractivity contribution in [1.29, 1.82) is 0 Å². The first-order valence-electron chi connectivity index (χ1n) is 8.18. The van der Waals surface area contributed by atoms with Gasteiger partial charge in [0, 0.05) is 26.6 Å². The van der Waals surface area contributed by atoms with E-state index in [2.05, 4.69) is 4.90 Å². The molecule has 0 N–H and O–H groups in total. The van der Waals surface area contributed by atoms with Crippen LogP contribution >= 0.6 is 0 Å². The van der Waals surface area contributed by atoms with Gasteiger partial charge in [-0.05, 0) is 39.1 Å². The van der Waals surface area contributed by atoms with Crippen LogP contribution in [0.25, 0.3) is 0 Å². The average molecular weight is 316 g/mol. The number of hydrogen-bond donors (Lipinski definition) is 0. The fourth-order valence-electron chi connectivity index (χ4n) is 3.39. The summed E-state index contributed by atoms with van der Waals surface area (Å²) in [6.07, 6.45) is 1.96. The van der Waals surface area contributed by atoms with Crippen LogP contribution in [-0.4, -0.2) is 65.2 Å². The Bertz CT molecular complexity index is 629. The first-order valence-corrected chi connectivity index (χ1v) is 8.18. The molecular formula is C17H24N4O2. The highest BCUT2D eigenvalue weighted by Crippen LogP contribution is 2.32. The quantitative estimate of drug-likeness (QED) is 0.840. The summed E-state index contributed by atoms with van der Waals surface area (Å²) in [5.74, 6) is 0.161. The highest BCUT2D eigenvalue weighted by Gasteiger charge is 2.32. The summed E-state index contributed by atoms with van der Waals surface area (Å²) >= 11 is 0. The van der Waals surface area contributed by atoms with Gasteiger partial charge in [-0.2, -0.15) is 0 Å². The second-order valence-electron chi connectivity index (χ2n) is 6.63. The molecule has 2 aliphatic heterocycles. The van der Waals surface area contributed by atoms with Gasteiger partial charge in [0.25, 0.3) is 5.91 Å². The first-order chi connectivity index (χ1) is 11.0. The van der Waals surface area contributed by atoms with Gasteiger partial charge in [0.15, 0.2) is 0 Å². The normalized spacial score (nSPS) is 20.5. The minimum Gasteiger partial charge on any atom is -0.334 e. The summed E-state index contributed by atoms with van der Waals surface area (Å²) in [6, 6.07) is 3.86. The van der Waals surface area contributed by atoms with Crippen molar-refractivity contribution in [1.82, 2.24) is 19.7 Å². The molecule has 0 radical (unpaired) electrons. The maximum absolute atomic E-state index is 12.4. The number of likely N-dealkylation sites (N-methyl/N-ethyl adjacent to an activating group) is 1. The molecule has 6 heteroatoms. The Morgan fingerprint density at radius 1 is 1.39 bits per heavy atom. The van der Waals surface area contributed by atoms with Gasteiger partial charge in [-0.15, -0.1) is 0 Å². The number of amides is 2. The topological polar surface area (TPSA) is 56.8 Å². The third-order valence-electron chi connectivity index (χ3n) is 4.67. The Balaban J connectivity index is 1.78. The molecule has 6 nitrogen and oxygen atoms in total. The Kier molecular flexibility index (Phi) is 4.35. The lowest BCUT2D eigenvalue weighted by Crippen LogP contribution is -2.31. The second-order valence-corrected chi connectivity index (χ2v) is 6.63. The standard InChI is InChI=1S/C17H24N4O2/c1-12(22)21-8-4-5-16(21)14-7-6-13-15(18-14)11-20(17(13)23)10-9-19(2)3/h6-7,16H,4-5,8-11H2,1-3H3/t16-/m0/s1. The maximum Gasteiger partial charge on any atom is 0.256 e. The monoisotopic (exact) mass is 316 g/mol. The van der Waals surface area contributed by atoms with Crippen molar-refractivity contribution in [3.8, 4) is 0 Å². The van der Waals surface area contributed by atoms with Crippen molar-refractivity contribution >= 4 is 11.8 Å². The van der Waals surface area contributed by atoms with E-state index in [1.54, 1.807) is 6.92 Å². The predicted molar refractivity (Wildman–Crippen MR) is 86.9 cm³/mol. The summed E-state index contributed by atoms with van der Waals surface area (Å²) in [5, 5.41) is 0. The van der Waals surface area contributed by atoms with Gasteiger partial charge in [-0.1, -0.05) is 0 Å². The van der Waals surface area contributed by atoms with E-state index < -0.39 is 0 Å². The van der Waals surface area contributed by atoms with Crippen LogP contribution in [0.15, 0.2) is 12.1 Å². The van der Waals surface area contributed by atoms with E-state index in [1.807, 2.05) is 36.0 Å². The number of fused-ring (bicyclic) bond motifs is 1. The Morgan fingerprint density at radius 3 is 2.87 bits per heavy atom. The van der Waals surface area contributed by atoms with Gasteiger partial charge < -0.3 is 14.7 Å². The molecule has 0 spiro atoms. The van der Waals surface area contributed by atoms with Crippen molar-refractivity contribution in [3.63, 3.8) is 0 Å². The highest BCUT2D eigenvalue weighted by molar-refractivity contribution is 5.97. The van der Waals surface area contributed by atoms with E-state index >= 15 is 0 Å². The predicted octanol–water partition coefficient (Wildman–Crippen LogP) is 1.28. The zero-order valence-electron chi connectivity index (χ0n) is 14.1. The fourth-order valence-corrected chi connectivity index (χ4v) is 3.39. The van der Waals surface area contributed by atoms with Crippen molar-refractivity contribution in [2.75, 3.05) is 33.7 Å². The second kappa shape index (κ2) is 6.28. The summed E-state index contributed by atoms with van der Waals surface area (Å²) < 4.78 is 0. The molecule has 2 aliphatic rings. The van der Waals surface area contributed by atoms with Crippen LogP contribution in [0.2, 0.25) is 0 Å². The smallest absolute Gasteiger partial charge is 0.256 e. The molecular weight excluding hydrogens is 292 g/mol. The molecule has 3 rings (SSSR count). The number of rotatable bonds is 4. The highest BCUT2D eigenvalue weighted by atomic mass is 16.2. The number of carbonyl (C=O) groups excluding carboxylic acids is 2. The minimum absolute atomic E-state index is 0.0590. The Morgan fingerprint density at radius 2 is 2.17 bits per heavy atom. The summed E-state index contributed by atoms with van der Waals surface area (Å²) in [4.78, 5) is 34.7. The lowest BCUT2D eigenvalue weighted by molar-refractivity contribution is -0.129. The lowest BCUT2D eigenvalue weighted by Gasteiger charge is -2.23. The third kappa shape index (κ3) is 3.08. The van der Waals surface area contributed by atoms with Crippen LogP contribution in [0.1, 0.15) is 47.6 Å². The van der Waals surface area contributed by atoms with Gasteiger partial charge in [0.1, 0.15) is 0 Å². The Hall–Kier alpha value is -1.95. The fraction of sp³-hybridized carbons (Fsp3) is 0.588. The minimum atomic E-state index is 0.0590. The molecule has 124 valence electrons. The number of aromatic nitrogens is 1. The van der Waals surface area contributed by atoms with Gasteiger partial charge >= 0.3 is 0 Å². The lowest BCUT2D eigenvalue weighted by atomic mass is 10.1. The molecule has 0 saturated carbocycles. The zero-order chi connectivity index (χ0) is 16.6. The van der Waals surface area contributed by atoms with E-state index in [1.165, 1.54) is 0 Å². The summed E-state index contributed by atoms with van der Waals surface area (Å²) in [7, 11) is 4.00. The van der Waals surface area contributed by atoms with Crippen LogP contribution < -0.4 is 0 Å². The first kappa shape index (κ1) is 15.9. The number of hydrogen-bond acceptors (Lipinski definition) is 4. The van der Waals surface area contributed by atoms with Crippen LogP contribution in [0.3, 0.4) is 0 Å². The summed E-state index contributed by atoms with van der Waals surface area (Å²) in [5.41, 5.74) is 2.47. The number of nitrogens with zero attached hydrogens (tertiary/aromatic N) is 4. The third-order valence-corrected chi connectivity index (χ3v) is 4.67. The van der Waals surface area contributed by atoms with Crippen LogP contribution in [0, 0.1) is 0 Å². The van der Waals surface area contributed by atoms with Crippen molar-refractivity contribution in [2.45, 2.75) is 32.4 Å². The van der Waals surface area contributed by atoms with Crippen LogP contribution in [-0.2, 0) is 11.3 Å². The van der Waals surface area contributed by atoms with Crippen molar-refractivity contribution < 1.29 is 9.59 Å².